The molecule has 0 heterocycles. The predicted octanol–water partition coefficient (Wildman–Crippen LogP) is 3.43. The van der Waals surface area contributed by atoms with Crippen LogP contribution >= 0.6 is 0 Å². The Hall–Kier alpha value is -1.71. The summed E-state index contributed by atoms with van der Waals surface area (Å²) in [4.78, 5) is 22.0. The summed E-state index contributed by atoms with van der Waals surface area (Å²) in [6.45, 7) is 7.23. The van der Waals surface area contributed by atoms with Gasteiger partial charge >= 0.3 is 5.97 Å². The van der Waals surface area contributed by atoms with Crippen molar-refractivity contribution >= 4 is 11.8 Å². The average Bonchev–Trinajstić information content (AvgIpc) is 2.24. The summed E-state index contributed by atoms with van der Waals surface area (Å²) in [6.07, 6.45) is 5.29. The van der Waals surface area contributed by atoms with Crippen LogP contribution in [0, 0.1) is 11.3 Å². The smallest absolute Gasteiger partial charge is 0.365 e. The van der Waals surface area contributed by atoms with Gasteiger partial charge in [0.05, 0.1) is 0 Å². The summed E-state index contributed by atoms with van der Waals surface area (Å²) >= 11 is 0. The molecule has 19 heavy (non-hydrogen) atoms. The highest BCUT2D eigenvalue weighted by Gasteiger charge is 2.34. The zero-order valence-electron chi connectivity index (χ0n) is 11.7. The lowest BCUT2D eigenvalue weighted by Gasteiger charge is -2.35. The fourth-order valence-electron chi connectivity index (χ4n) is 2.46. The number of ketones is 1. The molecule has 0 aliphatic heterocycles. The average molecular weight is 266 g/mol. The van der Waals surface area contributed by atoms with E-state index in [4.69, 9.17) is 5.11 Å². The lowest BCUT2D eigenvalue weighted by molar-refractivity contribution is -0.134. The molecule has 0 aromatic carbocycles. The van der Waals surface area contributed by atoms with Crippen molar-refractivity contribution in [1.82, 2.24) is 0 Å². The van der Waals surface area contributed by atoms with E-state index in [1.807, 2.05) is 20.8 Å². The summed E-state index contributed by atoms with van der Waals surface area (Å²) in [6, 6.07) is 0. The van der Waals surface area contributed by atoms with Crippen LogP contribution < -0.4 is 0 Å². The van der Waals surface area contributed by atoms with E-state index in [-0.39, 0.29) is 22.7 Å². The third kappa shape index (κ3) is 3.63. The molecule has 0 aromatic rings. The molecule has 1 aliphatic rings. The topological polar surface area (TPSA) is 54.4 Å². The quantitative estimate of drug-likeness (QED) is 0.629. The molecule has 1 atom stereocenters. The van der Waals surface area contributed by atoms with Crippen molar-refractivity contribution < 1.29 is 19.1 Å². The second kappa shape index (κ2) is 5.51. The molecule has 0 bridgehead atoms. The van der Waals surface area contributed by atoms with Crippen molar-refractivity contribution in [3.63, 3.8) is 0 Å². The first-order valence-electron chi connectivity index (χ1n) is 6.14. The van der Waals surface area contributed by atoms with Crippen LogP contribution in [0.4, 0.5) is 4.39 Å². The van der Waals surface area contributed by atoms with Gasteiger partial charge in [0, 0.05) is 12.3 Å². The number of carboxylic acid groups (broad SMARTS) is 1. The van der Waals surface area contributed by atoms with Crippen LogP contribution in [-0.4, -0.2) is 16.9 Å². The molecule has 0 saturated carbocycles. The number of allylic oxidation sites excluding steroid dienone is 5. The Bertz CT molecular complexity index is 496. The van der Waals surface area contributed by atoms with Gasteiger partial charge in [0.1, 0.15) is 0 Å². The van der Waals surface area contributed by atoms with Gasteiger partial charge in [-0.15, -0.1) is 0 Å². The third-order valence-electron chi connectivity index (χ3n) is 3.42. The minimum Gasteiger partial charge on any atom is -0.476 e. The molecule has 0 radical (unpaired) electrons. The van der Waals surface area contributed by atoms with Crippen LogP contribution in [-0.2, 0) is 9.59 Å². The fourth-order valence-corrected chi connectivity index (χ4v) is 2.46. The van der Waals surface area contributed by atoms with E-state index in [1.54, 1.807) is 12.2 Å². The molecular weight excluding hydrogens is 247 g/mol. The normalized spacial score (nSPS) is 24.2. The zero-order valence-corrected chi connectivity index (χ0v) is 11.7. The Morgan fingerprint density at radius 1 is 1.53 bits per heavy atom. The molecule has 0 amide bonds. The monoisotopic (exact) mass is 266 g/mol. The summed E-state index contributed by atoms with van der Waals surface area (Å²) in [5, 5.41) is 8.56. The zero-order chi connectivity index (χ0) is 14.8. The Morgan fingerprint density at radius 2 is 2.11 bits per heavy atom. The van der Waals surface area contributed by atoms with Crippen LogP contribution in [0.1, 0.15) is 34.1 Å². The molecule has 0 spiro atoms. The molecule has 1 unspecified atom stereocenters. The van der Waals surface area contributed by atoms with Gasteiger partial charge in [-0.1, -0.05) is 31.6 Å². The van der Waals surface area contributed by atoms with Gasteiger partial charge in [0.25, 0.3) is 0 Å². The van der Waals surface area contributed by atoms with Crippen molar-refractivity contribution in [2.45, 2.75) is 34.1 Å². The van der Waals surface area contributed by atoms with E-state index >= 15 is 0 Å². The first-order valence-corrected chi connectivity index (χ1v) is 6.14. The lowest BCUT2D eigenvalue weighted by atomic mass is 9.68. The van der Waals surface area contributed by atoms with Gasteiger partial charge in [0.15, 0.2) is 5.78 Å². The molecule has 0 fully saturated rings. The van der Waals surface area contributed by atoms with Gasteiger partial charge in [-0.25, -0.2) is 4.79 Å². The first kappa shape index (κ1) is 15.3. The minimum absolute atomic E-state index is 0.00162. The number of hydrogen-bond donors (Lipinski definition) is 1. The maximum Gasteiger partial charge on any atom is 0.365 e. The largest absolute Gasteiger partial charge is 0.476 e. The van der Waals surface area contributed by atoms with Crippen LogP contribution in [0.5, 0.6) is 0 Å². The van der Waals surface area contributed by atoms with Crippen molar-refractivity contribution in [3.8, 4) is 0 Å². The van der Waals surface area contributed by atoms with E-state index in [2.05, 4.69) is 0 Å². The van der Waals surface area contributed by atoms with Gasteiger partial charge in [-0.05, 0) is 30.9 Å². The number of rotatable bonds is 3. The number of aliphatic carboxylic acids is 1. The third-order valence-corrected chi connectivity index (χ3v) is 3.42. The maximum absolute atomic E-state index is 13.2. The number of hydrogen-bond acceptors (Lipinski definition) is 2. The highest BCUT2D eigenvalue weighted by Crippen LogP contribution is 2.40. The van der Waals surface area contributed by atoms with Gasteiger partial charge in [-0.3, -0.25) is 4.79 Å². The van der Waals surface area contributed by atoms with Gasteiger partial charge in [0.2, 0.25) is 5.83 Å². The fraction of sp³-hybridized carbons (Fsp3) is 0.467. The SMILES string of the molecule is CC1=CC(=O)CC(C)(C)C1/C=C/C(C)=C(/F)C(=O)O. The number of carbonyl (C=O) groups is 2. The van der Waals surface area contributed by atoms with Crippen molar-refractivity contribution in [2.75, 3.05) is 0 Å². The van der Waals surface area contributed by atoms with E-state index in [0.717, 1.165) is 5.57 Å². The van der Waals surface area contributed by atoms with Crippen molar-refractivity contribution in [2.24, 2.45) is 11.3 Å². The van der Waals surface area contributed by atoms with Crippen LogP contribution in [0.3, 0.4) is 0 Å². The molecule has 1 aliphatic carbocycles. The number of carbonyl (C=O) groups excluding carboxylic acids is 1. The van der Waals surface area contributed by atoms with Crippen LogP contribution in [0.25, 0.3) is 0 Å². The molecule has 1 N–H and O–H groups in total. The van der Waals surface area contributed by atoms with Crippen LogP contribution in [0.2, 0.25) is 0 Å². The second-order valence-corrected chi connectivity index (χ2v) is 5.66. The molecular formula is C15H19FO3. The first-order chi connectivity index (χ1) is 8.65. The molecule has 0 aromatic heterocycles. The van der Waals surface area contributed by atoms with E-state index in [0.29, 0.717) is 6.42 Å². The Morgan fingerprint density at radius 3 is 2.58 bits per heavy atom. The summed E-state index contributed by atoms with van der Waals surface area (Å²) < 4.78 is 13.2. The Kier molecular flexibility index (Phi) is 4.45. The number of carboxylic acids is 1. The second-order valence-electron chi connectivity index (χ2n) is 5.66. The molecule has 3 nitrogen and oxygen atoms in total. The number of halogens is 1. The summed E-state index contributed by atoms with van der Waals surface area (Å²) in [5.41, 5.74) is 0.751. The Labute approximate surface area is 112 Å². The predicted molar refractivity (Wildman–Crippen MR) is 71.2 cm³/mol. The minimum atomic E-state index is -1.56. The molecule has 1 rings (SSSR count). The lowest BCUT2D eigenvalue weighted by Crippen LogP contribution is -2.30. The van der Waals surface area contributed by atoms with E-state index in [9.17, 15) is 14.0 Å². The summed E-state index contributed by atoms with van der Waals surface area (Å²) in [7, 11) is 0. The van der Waals surface area contributed by atoms with Crippen LogP contribution in [0.15, 0.2) is 35.2 Å². The van der Waals surface area contributed by atoms with Gasteiger partial charge in [-0.2, -0.15) is 4.39 Å². The molecule has 4 heteroatoms. The molecule has 0 saturated heterocycles. The Balaban J connectivity index is 3.04. The molecule has 104 valence electrons. The summed E-state index contributed by atoms with van der Waals surface area (Å²) in [5.74, 6) is -2.62. The van der Waals surface area contributed by atoms with E-state index in [1.165, 1.54) is 13.0 Å². The highest BCUT2D eigenvalue weighted by atomic mass is 19.1. The van der Waals surface area contributed by atoms with E-state index < -0.39 is 11.8 Å². The maximum atomic E-state index is 13.2. The van der Waals surface area contributed by atoms with Gasteiger partial charge < -0.3 is 5.11 Å². The van der Waals surface area contributed by atoms with Crippen molar-refractivity contribution in [3.05, 3.63) is 35.2 Å². The highest BCUT2D eigenvalue weighted by molar-refractivity contribution is 5.92. The standard InChI is InChI=1S/C15H19FO3/c1-9(13(16)14(18)19)5-6-12-10(2)7-11(17)8-15(12,3)4/h5-7,12H,8H2,1-4H3,(H,18,19)/b6-5+,13-9+. The van der Waals surface area contributed by atoms with Crippen molar-refractivity contribution in [1.29, 1.82) is 0 Å².